The number of aromatic carboxylic acids is 1. The van der Waals surface area contributed by atoms with Crippen molar-refractivity contribution in [2.45, 2.75) is 6.54 Å². The van der Waals surface area contributed by atoms with E-state index in [4.69, 9.17) is 14.2 Å². The molecule has 130 valence electrons. The molecule has 0 unspecified atom stereocenters. The SMILES string of the molecule is COc1cc2cc(C(=O)O)n(Cc3ccccc3)c2c(OC)c1OC. The molecule has 6 heteroatoms. The molecule has 1 heterocycles. The van der Waals surface area contributed by atoms with Crippen LogP contribution in [0.2, 0.25) is 0 Å². The Bertz CT molecular complexity index is 915. The van der Waals surface area contributed by atoms with Crippen molar-refractivity contribution in [1.82, 2.24) is 4.57 Å². The Labute approximate surface area is 145 Å². The van der Waals surface area contributed by atoms with Crippen LogP contribution in [0.5, 0.6) is 17.2 Å². The van der Waals surface area contributed by atoms with Crippen molar-refractivity contribution >= 4 is 16.9 Å². The Hall–Kier alpha value is -3.15. The van der Waals surface area contributed by atoms with E-state index in [2.05, 4.69) is 0 Å². The third kappa shape index (κ3) is 2.87. The molecule has 0 spiro atoms. The fourth-order valence-corrected chi connectivity index (χ4v) is 3.00. The average Bonchev–Trinajstić information content (AvgIpc) is 2.99. The second kappa shape index (κ2) is 6.76. The fourth-order valence-electron chi connectivity index (χ4n) is 3.00. The van der Waals surface area contributed by atoms with Crippen LogP contribution in [0.3, 0.4) is 0 Å². The van der Waals surface area contributed by atoms with Crippen LogP contribution in [-0.4, -0.2) is 37.0 Å². The zero-order valence-corrected chi connectivity index (χ0v) is 14.3. The lowest BCUT2D eigenvalue weighted by atomic mass is 10.2. The van der Waals surface area contributed by atoms with E-state index in [1.165, 1.54) is 21.3 Å². The Balaban J connectivity index is 2.32. The van der Waals surface area contributed by atoms with Gasteiger partial charge in [0.2, 0.25) is 5.75 Å². The number of nitrogens with zero attached hydrogens (tertiary/aromatic N) is 1. The molecule has 1 aromatic heterocycles. The fraction of sp³-hybridized carbons (Fsp3) is 0.211. The van der Waals surface area contributed by atoms with Crippen molar-refractivity contribution in [3.05, 3.63) is 53.7 Å². The van der Waals surface area contributed by atoms with Crippen LogP contribution in [0, 0.1) is 0 Å². The molecule has 0 aliphatic rings. The highest BCUT2D eigenvalue weighted by atomic mass is 16.5. The summed E-state index contributed by atoms with van der Waals surface area (Å²) in [5.74, 6) is 0.356. The minimum atomic E-state index is -1.01. The largest absolute Gasteiger partial charge is 0.493 e. The first-order valence-electron chi connectivity index (χ1n) is 7.70. The number of rotatable bonds is 6. The topological polar surface area (TPSA) is 69.9 Å². The smallest absolute Gasteiger partial charge is 0.352 e. The molecule has 0 saturated heterocycles. The maximum atomic E-state index is 11.8. The third-order valence-corrected chi connectivity index (χ3v) is 4.09. The highest BCUT2D eigenvalue weighted by molar-refractivity contribution is 5.99. The number of aromatic nitrogens is 1. The zero-order valence-electron chi connectivity index (χ0n) is 14.3. The summed E-state index contributed by atoms with van der Waals surface area (Å²) in [5.41, 5.74) is 1.81. The van der Waals surface area contributed by atoms with Crippen LogP contribution < -0.4 is 14.2 Å². The standard InChI is InChI=1S/C19H19NO5/c1-23-15-10-13-9-14(19(21)22)20(11-12-7-5-4-6-8-12)16(13)18(25-3)17(15)24-2/h4-10H,11H2,1-3H3,(H,21,22). The van der Waals surface area contributed by atoms with E-state index < -0.39 is 5.97 Å². The molecule has 6 nitrogen and oxygen atoms in total. The molecule has 0 atom stereocenters. The Kier molecular flexibility index (Phi) is 4.52. The van der Waals surface area contributed by atoms with E-state index >= 15 is 0 Å². The van der Waals surface area contributed by atoms with Crippen LogP contribution in [0.25, 0.3) is 10.9 Å². The quantitative estimate of drug-likeness (QED) is 0.744. The highest BCUT2D eigenvalue weighted by Gasteiger charge is 2.23. The minimum Gasteiger partial charge on any atom is -0.493 e. The first-order valence-corrected chi connectivity index (χ1v) is 7.70. The number of hydrogen-bond donors (Lipinski definition) is 1. The average molecular weight is 341 g/mol. The van der Waals surface area contributed by atoms with Crippen LogP contribution in [-0.2, 0) is 6.54 Å². The molecule has 0 aliphatic heterocycles. The predicted molar refractivity (Wildman–Crippen MR) is 94.1 cm³/mol. The molecule has 2 aromatic carbocycles. The Morgan fingerprint density at radius 1 is 1.00 bits per heavy atom. The van der Waals surface area contributed by atoms with Crippen LogP contribution in [0.15, 0.2) is 42.5 Å². The first-order chi connectivity index (χ1) is 12.1. The van der Waals surface area contributed by atoms with Crippen LogP contribution in [0.1, 0.15) is 16.1 Å². The van der Waals surface area contributed by atoms with E-state index in [0.717, 1.165) is 5.56 Å². The Morgan fingerprint density at radius 2 is 1.68 bits per heavy atom. The number of carboxylic acid groups (broad SMARTS) is 1. The molecule has 0 saturated carbocycles. The van der Waals surface area contributed by atoms with Gasteiger partial charge >= 0.3 is 5.97 Å². The predicted octanol–water partition coefficient (Wildman–Crippen LogP) is 3.41. The summed E-state index contributed by atoms with van der Waals surface area (Å²) in [6.45, 7) is 0.401. The van der Waals surface area contributed by atoms with Crippen molar-refractivity contribution in [2.75, 3.05) is 21.3 Å². The molecular formula is C19H19NO5. The van der Waals surface area contributed by atoms with Crippen molar-refractivity contribution in [2.24, 2.45) is 0 Å². The summed E-state index contributed by atoms with van der Waals surface area (Å²) >= 11 is 0. The number of methoxy groups -OCH3 is 3. The van der Waals surface area contributed by atoms with Gasteiger partial charge in [0.1, 0.15) is 5.69 Å². The molecular weight excluding hydrogens is 322 g/mol. The normalized spacial score (nSPS) is 10.7. The Morgan fingerprint density at radius 3 is 2.24 bits per heavy atom. The molecule has 0 fully saturated rings. The molecule has 3 aromatic rings. The summed E-state index contributed by atoms with van der Waals surface area (Å²) in [6, 6.07) is 13.0. The second-order valence-corrected chi connectivity index (χ2v) is 5.49. The van der Waals surface area contributed by atoms with Gasteiger partial charge in [-0.1, -0.05) is 30.3 Å². The van der Waals surface area contributed by atoms with Gasteiger partial charge in [0.05, 0.1) is 26.8 Å². The number of ether oxygens (including phenoxy) is 3. The maximum absolute atomic E-state index is 11.8. The van der Waals surface area contributed by atoms with Crippen molar-refractivity contribution in [1.29, 1.82) is 0 Å². The lowest BCUT2D eigenvalue weighted by Gasteiger charge is -2.16. The van der Waals surface area contributed by atoms with Gasteiger partial charge in [-0.05, 0) is 17.7 Å². The van der Waals surface area contributed by atoms with Gasteiger partial charge in [-0.3, -0.25) is 0 Å². The summed E-state index contributed by atoms with van der Waals surface area (Å²) in [7, 11) is 4.58. The van der Waals surface area contributed by atoms with E-state index in [0.29, 0.717) is 34.7 Å². The van der Waals surface area contributed by atoms with E-state index in [1.807, 2.05) is 30.3 Å². The molecule has 0 aliphatic carbocycles. The lowest BCUT2D eigenvalue weighted by Crippen LogP contribution is -2.10. The van der Waals surface area contributed by atoms with Crippen LogP contribution in [0.4, 0.5) is 0 Å². The van der Waals surface area contributed by atoms with E-state index in [-0.39, 0.29) is 5.69 Å². The number of carbonyl (C=O) groups is 1. The first kappa shape index (κ1) is 16.7. The monoisotopic (exact) mass is 341 g/mol. The second-order valence-electron chi connectivity index (χ2n) is 5.49. The van der Waals surface area contributed by atoms with E-state index in [1.54, 1.807) is 16.7 Å². The summed E-state index contributed by atoms with van der Waals surface area (Å²) in [4.78, 5) is 11.8. The van der Waals surface area contributed by atoms with Crippen molar-refractivity contribution in [3.63, 3.8) is 0 Å². The molecule has 3 rings (SSSR count). The third-order valence-electron chi connectivity index (χ3n) is 4.09. The zero-order chi connectivity index (χ0) is 18.0. The number of benzene rings is 2. The van der Waals surface area contributed by atoms with Crippen molar-refractivity contribution < 1.29 is 24.1 Å². The number of fused-ring (bicyclic) bond motifs is 1. The number of hydrogen-bond acceptors (Lipinski definition) is 4. The minimum absolute atomic E-state index is 0.174. The van der Waals surface area contributed by atoms with Gasteiger partial charge in [-0.15, -0.1) is 0 Å². The lowest BCUT2D eigenvalue weighted by molar-refractivity contribution is 0.0686. The van der Waals surface area contributed by atoms with Gasteiger partial charge in [-0.2, -0.15) is 0 Å². The van der Waals surface area contributed by atoms with Crippen LogP contribution >= 0.6 is 0 Å². The number of carboxylic acids is 1. The van der Waals surface area contributed by atoms with Gasteiger partial charge in [0.25, 0.3) is 0 Å². The van der Waals surface area contributed by atoms with E-state index in [9.17, 15) is 9.90 Å². The summed E-state index contributed by atoms with van der Waals surface area (Å²) in [5, 5.41) is 10.3. The molecule has 25 heavy (non-hydrogen) atoms. The molecule has 0 radical (unpaired) electrons. The molecule has 0 bridgehead atoms. The maximum Gasteiger partial charge on any atom is 0.352 e. The van der Waals surface area contributed by atoms with Gasteiger partial charge in [0, 0.05) is 11.9 Å². The van der Waals surface area contributed by atoms with Crippen molar-refractivity contribution in [3.8, 4) is 17.2 Å². The van der Waals surface area contributed by atoms with Gasteiger partial charge < -0.3 is 23.9 Å². The summed E-state index contributed by atoms with van der Waals surface area (Å²) in [6.07, 6.45) is 0. The van der Waals surface area contributed by atoms with Gasteiger partial charge in [-0.25, -0.2) is 4.79 Å². The molecule has 1 N–H and O–H groups in total. The summed E-state index contributed by atoms with van der Waals surface area (Å²) < 4.78 is 18.0. The molecule has 0 amide bonds. The highest BCUT2D eigenvalue weighted by Crippen LogP contribution is 2.44. The van der Waals surface area contributed by atoms with Gasteiger partial charge in [0.15, 0.2) is 11.5 Å².